The fraction of sp³-hybridized carbons (Fsp3) is 0.0909. The van der Waals surface area contributed by atoms with Crippen molar-refractivity contribution in [1.82, 2.24) is 0 Å². The van der Waals surface area contributed by atoms with Gasteiger partial charge in [0.05, 0.1) is 15.5 Å². The lowest BCUT2D eigenvalue weighted by Gasteiger charge is -2.07. The predicted octanol–water partition coefficient (Wildman–Crippen LogP) is 4.17. The van der Waals surface area contributed by atoms with E-state index in [0.29, 0.717) is 12.2 Å². The summed E-state index contributed by atoms with van der Waals surface area (Å²) in [5, 5.41) is 15.7. The highest BCUT2D eigenvalue weighted by Gasteiger charge is 2.17. The molecule has 0 amide bonds. The van der Waals surface area contributed by atoms with Crippen molar-refractivity contribution in [1.29, 1.82) is 0 Å². The Morgan fingerprint density at radius 2 is 2.28 bits per heavy atom. The summed E-state index contributed by atoms with van der Waals surface area (Å²) in [6.07, 6.45) is 0. The second-order valence-electron chi connectivity index (χ2n) is 3.47. The number of hydrogen-bond donors (Lipinski definition) is 1. The van der Waals surface area contributed by atoms with E-state index in [0.717, 1.165) is 10.9 Å². The van der Waals surface area contributed by atoms with Crippen LogP contribution in [0.1, 0.15) is 4.88 Å². The number of nitro groups is 1. The molecule has 18 heavy (non-hydrogen) atoms. The SMILES string of the molecule is O=[N+]([O-])c1cc(F)c(Br)cc1NCc1cccs1. The maximum absolute atomic E-state index is 13.3. The van der Waals surface area contributed by atoms with Gasteiger partial charge in [0.25, 0.3) is 5.69 Å². The van der Waals surface area contributed by atoms with E-state index in [2.05, 4.69) is 21.2 Å². The van der Waals surface area contributed by atoms with Gasteiger partial charge < -0.3 is 5.32 Å². The molecule has 1 aromatic carbocycles. The Hall–Kier alpha value is -1.47. The predicted molar refractivity (Wildman–Crippen MR) is 72.4 cm³/mol. The average molecular weight is 331 g/mol. The van der Waals surface area contributed by atoms with Crippen LogP contribution < -0.4 is 5.32 Å². The molecule has 0 radical (unpaired) electrons. The summed E-state index contributed by atoms with van der Waals surface area (Å²) >= 11 is 4.56. The van der Waals surface area contributed by atoms with E-state index in [1.54, 1.807) is 11.3 Å². The van der Waals surface area contributed by atoms with E-state index in [-0.39, 0.29) is 10.2 Å². The summed E-state index contributed by atoms with van der Waals surface area (Å²) in [4.78, 5) is 11.3. The van der Waals surface area contributed by atoms with Crippen LogP contribution in [0.4, 0.5) is 15.8 Å². The highest BCUT2D eigenvalue weighted by Crippen LogP contribution is 2.31. The van der Waals surface area contributed by atoms with Gasteiger partial charge in [0.15, 0.2) is 0 Å². The van der Waals surface area contributed by atoms with Gasteiger partial charge in [0.1, 0.15) is 11.5 Å². The Balaban J connectivity index is 2.25. The minimum Gasteiger partial charge on any atom is -0.375 e. The molecule has 1 N–H and O–H groups in total. The molecule has 1 aromatic heterocycles. The zero-order valence-electron chi connectivity index (χ0n) is 9.02. The number of nitrogens with one attached hydrogen (secondary N) is 1. The second-order valence-corrected chi connectivity index (χ2v) is 5.36. The summed E-state index contributed by atoms with van der Waals surface area (Å²) in [6, 6.07) is 6.10. The molecule has 0 atom stereocenters. The van der Waals surface area contributed by atoms with E-state index in [1.807, 2.05) is 17.5 Å². The molecule has 7 heteroatoms. The van der Waals surface area contributed by atoms with Crippen molar-refractivity contribution < 1.29 is 9.31 Å². The van der Waals surface area contributed by atoms with Crippen LogP contribution in [0.15, 0.2) is 34.1 Å². The van der Waals surface area contributed by atoms with E-state index >= 15 is 0 Å². The minimum absolute atomic E-state index is 0.196. The molecule has 0 spiro atoms. The number of benzene rings is 1. The molecular formula is C11H8BrFN2O2S. The van der Waals surface area contributed by atoms with Crippen molar-refractivity contribution in [2.45, 2.75) is 6.54 Å². The molecule has 0 aliphatic rings. The number of nitrogens with zero attached hydrogens (tertiary/aromatic N) is 1. The van der Waals surface area contributed by atoms with E-state index in [4.69, 9.17) is 0 Å². The third-order valence-corrected chi connectivity index (χ3v) is 3.75. The van der Waals surface area contributed by atoms with Crippen LogP contribution in [-0.4, -0.2) is 4.92 Å². The first kappa shape index (κ1) is 13.0. The normalized spacial score (nSPS) is 10.3. The van der Waals surface area contributed by atoms with Crippen molar-refractivity contribution in [3.05, 3.63) is 54.9 Å². The molecule has 2 rings (SSSR count). The fourth-order valence-electron chi connectivity index (χ4n) is 1.42. The summed E-state index contributed by atoms with van der Waals surface area (Å²) in [5.41, 5.74) is 0.0222. The molecule has 0 saturated heterocycles. The fourth-order valence-corrected chi connectivity index (χ4v) is 2.41. The lowest BCUT2D eigenvalue weighted by molar-refractivity contribution is -0.384. The Labute approximate surface area is 115 Å². The number of hydrogen-bond acceptors (Lipinski definition) is 4. The van der Waals surface area contributed by atoms with Gasteiger partial charge >= 0.3 is 0 Å². The molecule has 0 fully saturated rings. The Kier molecular flexibility index (Phi) is 3.93. The molecular weight excluding hydrogens is 323 g/mol. The molecule has 1 heterocycles. The second kappa shape index (κ2) is 5.45. The molecule has 94 valence electrons. The summed E-state index contributed by atoms with van der Waals surface area (Å²) in [6.45, 7) is 0.469. The summed E-state index contributed by atoms with van der Waals surface area (Å²) < 4.78 is 13.5. The molecule has 0 bridgehead atoms. The molecule has 4 nitrogen and oxygen atoms in total. The first-order chi connectivity index (χ1) is 8.58. The first-order valence-electron chi connectivity index (χ1n) is 4.97. The zero-order chi connectivity index (χ0) is 13.1. The third-order valence-electron chi connectivity index (χ3n) is 2.27. The lowest BCUT2D eigenvalue weighted by Crippen LogP contribution is -2.02. The van der Waals surface area contributed by atoms with Crippen LogP contribution in [0.5, 0.6) is 0 Å². The first-order valence-corrected chi connectivity index (χ1v) is 6.65. The van der Waals surface area contributed by atoms with E-state index < -0.39 is 10.7 Å². The average Bonchev–Trinajstić information content (AvgIpc) is 2.83. The van der Waals surface area contributed by atoms with Gasteiger partial charge in [0, 0.05) is 11.4 Å². The summed E-state index contributed by atoms with van der Waals surface area (Å²) in [5.74, 6) is -0.650. The van der Waals surface area contributed by atoms with Gasteiger partial charge in [-0.3, -0.25) is 10.1 Å². The van der Waals surface area contributed by atoms with Crippen LogP contribution in [0.2, 0.25) is 0 Å². The Morgan fingerprint density at radius 3 is 2.89 bits per heavy atom. The number of rotatable bonds is 4. The summed E-state index contributed by atoms with van der Waals surface area (Å²) in [7, 11) is 0. The van der Waals surface area contributed by atoms with Crippen LogP contribution >= 0.6 is 27.3 Å². The van der Waals surface area contributed by atoms with E-state index in [1.165, 1.54) is 6.07 Å². The minimum atomic E-state index is -0.650. The quantitative estimate of drug-likeness (QED) is 0.676. The Morgan fingerprint density at radius 1 is 1.50 bits per heavy atom. The monoisotopic (exact) mass is 330 g/mol. The van der Waals surface area contributed by atoms with Crippen molar-refractivity contribution >= 4 is 38.6 Å². The van der Waals surface area contributed by atoms with Crippen molar-refractivity contribution in [3.63, 3.8) is 0 Å². The van der Waals surface area contributed by atoms with Gasteiger partial charge in [-0.1, -0.05) is 6.07 Å². The van der Waals surface area contributed by atoms with Gasteiger partial charge in [-0.15, -0.1) is 11.3 Å². The largest absolute Gasteiger partial charge is 0.375 e. The van der Waals surface area contributed by atoms with Gasteiger partial charge in [-0.2, -0.15) is 0 Å². The lowest BCUT2D eigenvalue weighted by atomic mass is 10.2. The number of halogens is 2. The van der Waals surface area contributed by atoms with Crippen LogP contribution in [0.25, 0.3) is 0 Å². The number of nitro benzene ring substituents is 1. The van der Waals surface area contributed by atoms with Crippen LogP contribution in [0.3, 0.4) is 0 Å². The maximum Gasteiger partial charge on any atom is 0.295 e. The van der Waals surface area contributed by atoms with Crippen molar-refractivity contribution in [3.8, 4) is 0 Å². The number of thiophene rings is 1. The van der Waals surface area contributed by atoms with E-state index in [9.17, 15) is 14.5 Å². The van der Waals surface area contributed by atoms with Crippen LogP contribution in [-0.2, 0) is 6.54 Å². The molecule has 0 aliphatic carbocycles. The molecule has 2 aromatic rings. The molecule has 0 saturated carbocycles. The van der Waals surface area contributed by atoms with Crippen molar-refractivity contribution in [2.75, 3.05) is 5.32 Å². The standard InChI is InChI=1S/C11H8BrFN2O2S/c12-8-4-10(11(15(16)17)5-9(8)13)14-6-7-2-1-3-18-7/h1-5,14H,6H2. The Bertz CT molecular complexity index is 575. The smallest absolute Gasteiger partial charge is 0.295 e. The maximum atomic E-state index is 13.3. The van der Waals surface area contributed by atoms with Crippen molar-refractivity contribution in [2.24, 2.45) is 0 Å². The van der Waals surface area contributed by atoms with Crippen LogP contribution in [0, 0.1) is 15.9 Å². The zero-order valence-corrected chi connectivity index (χ0v) is 11.4. The highest BCUT2D eigenvalue weighted by atomic mass is 79.9. The van der Waals surface area contributed by atoms with Gasteiger partial charge in [-0.05, 0) is 33.4 Å². The van der Waals surface area contributed by atoms with Gasteiger partial charge in [0.2, 0.25) is 0 Å². The number of anilines is 1. The molecule has 0 aliphatic heterocycles. The molecule has 0 unspecified atom stereocenters. The topological polar surface area (TPSA) is 55.2 Å². The third kappa shape index (κ3) is 2.85. The highest BCUT2D eigenvalue weighted by molar-refractivity contribution is 9.10. The van der Waals surface area contributed by atoms with Gasteiger partial charge in [-0.25, -0.2) is 4.39 Å².